The number of nitro benzene ring substituents is 1. The largest absolute Gasteiger partial charge is 0.370 e. The minimum absolute atomic E-state index is 0.0134. The maximum Gasteiger partial charge on any atom is 0.288 e. The van der Waals surface area contributed by atoms with Gasteiger partial charge in [-0.15, -0.1) is 0 Å². The molecule has 1 aliphatic heterocycles. The first-order chi connectivity index (χ1) is 12.5. The van der Waals surface area contributed by atoms with Gasteiger partial charge in [0, 0.05) is 30.4 Å². The van der Waals surface area contributed by atoms with Crippen LogP contribution in [0.2, 0.25) is 10.0 Å². The first-order valence-electron chi connectivity index (χ1n) is 8.25. The van der Waals surface area contributed by atoms with Crippen molar-refractivity contribution in [2.75, 3.05) is 23.3 Å². The third-order valence-corrected chi connectivity index (χ3v) is 4.93. The molecule has 0 atom stereocenters. The van der Waals surface area contributed by atoms with Crippen molar-refractivity contribution in [2.45, 2.75) is 19.3 Å². The van der Waals surface area contributed by atoms with Gasteiger partial charge in [0.15, 0.2) is 0 Å². The number of amides is 1. The Hall–Kier alpha value is -2.31. The number of carbonyl (C=O) groups is 1. The summed E-state index contributed by atoms with van der Waals surface area (Å²) in [4.78, 5) is 24.9. The van der Waals surface area contributed by atoms with Crippen LogP contribution in [0.1, 0.15) is 29.6 Å². The second-order valence-corrected chi connectivity index (χ2v) is 6.91. The van der Waals surface area contributed by atoms with Gasteiger partial charge in [-0.2, -0.15) is 0 Å². The fraction of sp³-hybridized carbons (Fsp3) is 0.278. The summed E-state index contributed by atoms with van der Waals surface area (Å²) >= 11 is 12.2. The number of anilines is 2. The van der Waals surface area contributed by atoms with Gasteiger partial charge >= 0.3 is 0 Å². The van der Waals surface area contributed by atoms with E-state index in [1.54, 1.807) is 12.1 Å². The number of carbonyl (C=O) groups excluding carboxylic acids is 1. The van der Waals surface area contributed by atoms with Crippen LogP contribution in [0.25, 0.3) is 0 Å². The van der Waals surface area contributed by atoms with Crippen molar-refractivity contribution in [1.29, 1.82) is 0 Å². The van der Waals surface area contributed by atoms with Gasteiger partial charge in [0.2, 0.25) is 0 Å². The highest BCUT2D eigenvalue weighted by Gasteiger charge is 2.18. The molecule has 26 heavy (non-hydrogen) atoms. The van der Waals surface area contributed by atoms with E-state index in [1.165, 1.54) is 18.6 Å². The van der Waals surface area contributed by atoms with Crippen LogP contribution in [0.3, 0.4) is 0 Å². The van der Waals surface area contributed by atoms with Crippen molar-refractivity contribution < 1.29 is 9.72 Å². The molecule has 0 aliphatic carbocycles. The Morgan fingerprint density at radius 3 is 2.42 bits per heavy atom. The standard InChI is InChI=1S/C18H17Cl2N3O3/c19-14-6-4-12(10-17(14)23(25)26)18(24)21-13-5-7-16(15(20)11-13)22-8-2-1-3-9-22/h4-7,10-11H,1-3,8-9H2,(H,21,24). The molecule has 1 amide bonds. The number of nitrogens with zero attached hydrogens (tertiary/aromatic N) is 2. The molecule has 2 aromatic carbocycles. The number of nitro groups is 1. The number of rotatable bonds is 4. The smallest absolute Gasteiger partial charge is 0.288 e. The molecule has 0 unspecified atom stereocenters. The number of piperidine rings is 1. The summed E-state index contributed by atoms with van der Waals surface area (Å²) in [5, 5.41) is 14.2. The van der Waals surface area contributed by atoms with Crippen LogP contribution >= 0.6 is 23.2 Å². The molecule has 8 heteroatoms. The maximum absolute atomic E-state index is 12.4. The lowest BCUT2D eigenvalue weighted by atomic mass is 10.1. The van der Waals surface area contributed by atoms with Gasteiger partial charge in [-0.05, 0) is 49.6 Å². The summed E-state index contributed by atoms with van der Waals surface area (Å²) < 4.78 is 0. The summed E-state index contributed by atoms with van der Waals surface area (Å²) in [5.41, 5.74) is 1.32. The Morgan fingerprint density at radius 1 is 1.04 bits per heavy atom. The number of nitrogens with one attached hydrogen (secondary N) is 1. The van der Waals surface area contributed by atoms with Crippen molar-refractivity contribution in [1.82, 2.24) is 0 Å². The fourth-order valence-corrected chi connectivity index (χ4v) is 3.46. The van der Waals surface area contributed by atoms with E-state index in [2.05, 4.69) is 10.2 Å². The average Bonchev–Trinajstić information content (AvgIpc) is 2.62. The molecule has 3 rings (SSSR count). The number of halogens is 2. The molecule has 2 aromatic rings. The minimum atomic E-state index is -0.622. The van der Waals surface area contributed by atoms with E-state index >= 15 is 0 Å². The number of hydrogen-bond acceptors (Lipinski definition) is 4. The Balaban J connectivity index is 1.76. The monoisotopic (exact) mass is 393 g/mol. The minimum Gasteiger partial charge on any atom is -0.370 e. The second kappa shape index (κ2) is 7.93. The van der Waals surface area contributed by atoms with E-state index in [0.29, 0.717) is 10.7 Å². The highest BCUT2D eigenvalue weighted by molar-refractivity contribution is 6.34. The lowest BCUT2D eigenvalue weighted by Crippen LogP contribution is -2.29. The summed E-state index contributed by atoms with van der Waals surface area (Å²) in [5.74, 6) is -0.466. The van der Waals surface area contributed by atoms with Crippen LogP contribution in [0, 0.1) is 10.1 Å². The van der Waals surface area contributed by atoms with Crippen LogP contribution < -0.4 is 10.2 Å². The molecule has 6 nitrogen and oxygen atoms in total. The van der Waals surface area contributed by atoms with Crippen LogP contribution in [-0.4, -0.2) is 23.9 Å². The third-order valence-electron chi connectivity index (χ3n) is 4.31. The Morgan fingerprint density at radius 2 is 1.77 bits per heavy atom. The first-order valence-corrected chi connectivity index (χ1v) is 9.01. The zero-order valence-corrected chi connectivity index (χ0v) is 15.4. The quantitative estimate of drug-likeness (QED) is 0.575. The second-order valence-electron chi connectivity index (χ2n) is 6.09. The van der Waals surface area contributed by atoms with Crippen LogP contribution in [0.15, 0.2) is 36.4 Å². The van der Waals surface area contributed by atoms with Crippen molar-refractivity contribution in [3.8, 4) is 0 Å². The summed E-state index contributed by atoms with van der Waals surface area (Å²) in [7, 11) is 0. The van der Waals surface area contributed by atoms with E-state index in [0.717, 1.165) is 37.7 Å². The number of hydrogen-bond donors (Lipinski definition) is 1. The van der Waals surface area contributed by atoms with Crippen molar-refractivity contribution in [3.05, 3.63) is 62.1 Å². The summed E-state index contributed by atoms with van der Waals surface area (Å²) in [6, 6.07) is 9.27. The molecule has 1 aliphatic rings. The molecule has 136 valence electrons. The molecule has 0 aromatic heterocycles. The zero-order chi connectivity index (χ0) is 18.7. The van der Waals surface area contributed by atoms with Crippen molar-refractivity contribution in [3.63, 3.8) is 0 Å². The van der Waals surface area contributed by atoms with E-state index in [-0.39, 0.29) is 16.3 Å². The van der Waals surface area contributed by atoms with Gasteiger partial charge in [-0.3, -0.25) is 14.9 Å². The third kappa shape index (κ3) is 4.08. The fourth-order valence-electron chi connectivity index (χ4n) is 2.97. The van der Waals surface area contributed by atoms with Gasteiger partial charge in [-0.1, -0.05) is 23.2 Å². The molecule has 1 fully saturated rings. The molecular weight excluding hydrogens is 377 g/mol. The normalized spacial score (nSPS) is 14.2. The Kier molecular flexibility index (Phi) is 5.64. The average molecular weight is 394 g/mol. The predicted octanol–water partition coefficient (Wildman–Crippen LogP) is 5.14. The zero-order valence-electron chi connectivity index (χ0n) is 13.9. The molecule has 1 N–H and O–H groups in total. The van der Waals surface area contributed by atoms with Gasteiger partial charge in [0.1, 0.15) is 5.02 Å². The van der Waals surface area contributed by atoms with E-state index in [1.807, 2.05) is 6.07 Å². The molecule has 0 spiro atoms. The topological polar surface area (TPSA) is 75.5 Å². The molecule has 1 heterocycles. The molecule has 0 saturated carbocycles. The van der Waals surface area contributed by atoms with Crippen molar-refractivity contribution >= 4 is 46.2 Å². The highest BCUT2D eigenvalue weighted by Crippen LogP contribution is 2.31. The molecule has 0 bridgehead atoms. The number of benzene rings is 2. The van der Waals surface area contributed by atoms with Crippen LogP contribution in [0.4, 0.5) is 17.1 Å². The van der Waals surface area contributed by atoms with Crippen molar-refractivity contribution in [2.24, 2.45) is 0 Å². The van der Waals surface area contributed by atoms with Gasteiger partial charge in [0.25, 0.3) is 11.6 Å². The predicted molar refractivity (Wildman–Crippen MR) is 104 cm³/mol. The van der Waals surface area contributed by atoms with Gasteiger partial charge in [-0.25, -0.2) is 0 Å². The van der Waals surface area contributed by atoms with E-state index in [4.69, 9.17) is 23.2 Å². The molecular formula is C18H17Cl2N3O3. The molecule has 1 saturated heterocycles. The van der Waals surface area contributed by atoms with E-state index < -0.39 is 10.8 Å². The summed E-state index contributed by atoms with van der Waals surface area (Å²) in [6.07, 6.45) is 3.52. The lowest BCUT2D eigenvalue weighted by molar-refractivity contribution is -0.384. The van der Waals surface area contributed by atoms with Gasteiger partial charge in [0.05, 0.1) is 15.6 Å². The highest BCUT2D eigenvalue weighted by atomic mass is 35.5. The molecule has 0 radical (unpaired) electrons. The lowest BCUT2D eigenvalue weighted by Gasteiger charge is -2.29. The maximum atomic E-state index is 12.4. The van der Waals surface area contributed by atoms with Crippen LogP contribution in [0.5, 0.6) is 0 Å². The summed E-state index contributed by atoms with van der Waals surface area (Å²) in [6.45, 7) is 1.94. The first kappa shape index (κ1) is 18.5. The Labute approximate surface area is 160 Å². The van der Waals surface area contributed by atoms with Crippen LogP contribution in [-0.2, 0) is 0 Å². The van der Waals surface area contributed by atoms with E-state index in [9.17, 15) is 14.9 Å². The van der Waals surface area contributed by atoms with Gasteiger partial charge < -0.3 is 10.2 Å². The SMILES string of the molecule is O=C(Nc1ccc(N2CCCCC2)c(Cl)c1)c1ccc(Cl)c([N+](=O)[O-])c1. The Bertz CT molecular complexity index is 852.